The molecule has 20 heavy (non-hydrogen) atoms. The van der Waals surface area contributed by atoms with Crippen molar-refractivity contribution in [3.63, 3.8) is 0 Å². The van der Waals surface area contributed by atoms with E-state index in [2.05, 4.69) is 5.10 Å². The second-order valence-corrected chi connectivity index (χ2v) is 4.67. The number of amides is 1. The molecule has 0 saturated carbocycles. The molecular weight excluding hydrogens is 260 g/mol. The van der Waals surface area contributed by atoms with Crippen molar-refractivity contribution in [2.24, 2.45) is 0 Å². The minimum Gasteiger partial charge on any atom is -0.464 e. The highest BCUT2D eigenvalue weighted by atomic mass is 16.5. The number of hydrogen-bond acceptors (Lipinski definition) is 5. The number of hydrogen-bond donors (Lipinski definition) is 1. The lowest BCUT2D eigenvalue weighted by Gasteiger charge is -2.23. The number of nitrogen functional groups attached to an aromatic ring is 1. The molecule has 110 valence electrons. The number of ether oxygens (including phenoxy) is 1. The molecule has 2 N–H and O–H groups in total. The molecule has 1 aromatic heterocycles. The van der Waals surface area contributed by atoms with E-state index < -0.39 is 6.04 Å². The van der Waals surface area contributed by atoms with Crippen molar-refractivity contribution in [2.45, 2.75) is 39.3 Å². The molecule has 0 spiro atoms. The molecule has 1 aliphatic rings. The van der Waals surface area contributed by atoms with E-state index in [0.29, 0.717) is 37.5 Å². The zero-order chi connectivity index (χ0) is 14.7. The van der Waals surface area contributed by atoms with Gasteiger partial charge < -0.3 is 15.4 Å². The van der Waals surface area contributed by atoms with E-state index in [9.17, 15) is 9.59 Å². The summed E-state index contributed by atoms with van der Waals surface area (Å²) < 4.78 is 6.58. The van der Waals surface area contributed by atoms with Gasteiger partial charge in [-0.1, -0.05) is 0 Å². The van der Waals surface area contributed by atoms with Crippen molar-refractivity contribution in [1.29, 1.82) is 0 Å². The van der Waals surface area contributed by atoms with Crippen molar-refractivity contribution in [3.05, 3.63) is 11.9 Å². The van der Waals surface area contributed by atoms with Gasteiger partial charge in [0.2, 0.25) is 0 Å². The van der Waals surface area contributed by atoms with E-state index in [1.54, 1.807) is 11.6 Å². The summed E-state index contributed by atoms with van der Waals surface area (Å²) in [6.07, 6.45) is 2.88. The van der Waals surface area contributed by atoms with Crippen LogP contribution in [0.4, 0.5) is 5.69 Å². The van der Waals surface area contributed by atoms with Gasteiger partial charge in [-0.25, -0.2) is 4.79 Å². The Kier molecular flexibility index (Phi) is 4.26. The number of carbonyl (C=O) groups excluding carboxylic acids is 2. The minimum absolute atomic E-state index is 0.252. The number of nitrogens with zero attached hydrogens (tertiary/aromatic N) is 3. The first kappa shape index (κ1) is 14.4. The summed E-state index contributed by atoms with van der Waals surface area (Å²) in [5.74, 6) is -0.600. The summed E-state index contributed by atoms with van der Waals surface area (Å²) in [4.78, 5) is 26.0. The van der Waals surface area contributed by atoms with Gasteiger partial charge in [0.25, 0.3) is 5.91 Å². The van der Waals surface area contributed by atoms with Crippen LogP contribution < -0.4 is 5.73 Å². The Morgan fingerprint density at radius 1 is 1.50 bits per heavy atom. The van der Waals surface area contributed by atoms with E-state index in [-0.39, 0.29) is 11.9 Å². The number of rotatable bonds is 4. The fourth-order valence-corrected chi connectivity index (χ4v) is 2.50. The summed E-state index contributed by atoms with van der Waals surface area (Å²) in [6.45, 7) is 5.04. The molecule has 1 aliphatic heterocycles. The van der Waals surface area contributed by atoms with Crippen molar-refractivity contribution < 1.29 is 14.3 Å². The third-order valence-corrected chi connectivity index (χ3v) is 3.44. The number of aryl methyl sites for hydroxylation is 1. The molecular formula is C13H20N4O3. The monoisotopic (exact) mass is 280 g/mol. The molecule has 2 rings (SSSR count). The minimum atomic E-state index is -0.512. The van der Waals surface area contributed by atoms with Gasteiger partial charge in [0, 0.05) is 13.1 Å². The quantitative estimate of drug-likeness (QED) is 0.818. The molecule has 1 saturated heterocycles. The first-order valence-corrected chi connectivity index (χ1v) is 6.89. The summed E-state index contributed by atoms with van der Waals surface area (Å²) in [6, 6.07) is -0.512. The van der Waals surface area contributed by atoms with Gasteiger partial charge in [-0.05, 0) is 26.7 Å². The van der Waals surface area contributed by atoms with Crippen molar-refractivity contribution in [1.82, 2.24) is 14.7 Å². The highest BCUT2D eigenvalue weighted by Crippen LogP contribution is 2.23. The van der Waals surface area contributed by atoms with Gasteiger partial charge in [-0.15, -0.1) is 0 Å². The second-order valence-electron chi connectivity index (χ2n) is 4.67. The highest BCUT2D eigenvalue weighted by Gasteiger charge is 2.37. The predicted octanol–water partition coefficient (Wildman–Crippen LogP) is 0.653. The van der Waals surface area contributed by atoms with Crippen LogP contribution in [0.5, 0.6) is 0 Å². The summed E-state index contributed by atoms with van der Waals surface area (Å²) in [5.41, 5.74) is 6.51. The molecule has 0 aromatic carbocycles. The maximum atomic E-state index is 12.6. The van der Waals surface area contributed by atoms with E-state index in [1.807, 2.05) is 6.92 Å². The van der Waals surface area contributed by atoms with Gasteiger partial charge in [-0.2, -0.15) is 5.10 Å². The molecule has 2 heterocycles. The molecule has 7 nitrogen and oxygen atoms in total. The van der Waals surface area contributed by atoms with Crippen molar-refractivity contribution in [2.75, 3.05) is 18.9 Å². The average Bonchev–Trinajstić information content (AvgIpc) is 3.04. The molecule has 1 amide bonds. The van der Waals surface area contributed by atoms with Crippen LogP contribution in [-0.2, 0) is 16.1 Å². The fourth-order valence-electron chi connectivity index (χ4n) is 2.50. The Morgan fingerprint density at radius 3 is 2.90 bits per heavy atom. The third kappa shape index (κ3) is 2.48. The normalized spacial score (nSPS) is 18.3. The number of carbonyl (C=O) groups is 2. The van der Waals surface area contributed by atoms with Crippen LogP contribution in [0.1, 0.15) is 37.2 Å². The molecule has 7 heteroatoms. The smallest absolute Gasteiger partial charge is 0.328 e. The van der Waals surface area contributed by atoms with Crippen molar-refractivity contribution in [3.8, 4) is 0 Å². The number of esters is 1. The maximum Gasteiger partial charge on any atom is 0.328 e. The molecule has 1 fully saturated rings. The lowest BCUT2D eigenvalue weighted by molar-refractivity contribution is -0.147. The Morgan fingerprint density at radius 2 is 2.25 bits per heavy atom. The summed E-state index contributed by atoms with van der Waals surface area (Å²) >= 11 is 0. The molecule has 0 aliphatic carbocycles. The van der Waals surface area contributed by atoms with E-state index >= 15 is 0 Å². The van der Waals surface area contributed by atoms with Gasteiger partial charge in [0.1, 0.15) is 11.7 Å². The Hall–Kier alpha value is -2.05. The second kappa shape index (κ2) is 5.94. The van der Waals surface area contributed by atoms with Crippen LogP contribution in [0, 0.1) is 0 Å². The topological polar surface area (TPSA) is 90.4 Å². The van der Waals surface area contributed by atoms with Gasteiger partial charge >= 0.3 is 5.97 Å². The standard InChI is InChI=1S/C13H20N4O3/c1-3-17-11(9(14)8-15-17)12(18)16-7-5-6-10(16)13(19)20-4-2/h8,10H,3-7,14H2,1-2H3. The SMILES string of the molecule is CCOC(=O)C1CCCN1C(=O)c1c(N)cnn1CC. The van der Waals surface area contributed by atoms with E-state index in [0.717, 1.165) is 6.42 Å². The largest absolute Gasteiger partial charge is 0.464 e. The van der Waals surface area contributed by atoms with Crippen LogP contribution in [-0.4, -0.2) is 45.8 Å². The first-order valence-electron chi connectivity index (χ1n) is 6.89. The predicted molar refractivity (Wildman–Crippen MR) is 73.0 cm³/mol. The van der Waals surface area contributed by atoms with E-state index in [4.69, 9.17) is 10.5 Å². The van der Waals surface area contributed by atoms with Crippen LogP contribution in [0.25, 0.3) is 0 Å². The first-order chi connectivity index (χ1) is 9.60. The highest BCUT2D eigenvalue weighted by molar-refractivity contribution is 5.99. The number of nitrogens with two attached hydrogens (primary N) is 1. The zero-order valence-corrected chi connectivity index (χ0v) is 11.8. The fraction of sp³-hybridized carbons (Fsp3) is 0.615. The lowest BCUT2D eigenvalue weighted by atomic mass is 10.2. The van der Waals surface area contributed by atoms with Crippen LogP contribution >= 0.6 is 0 Å². The van der Waals surface area contributed by atoms with Crippen LogP contribution in [0.2, 0.25) is 0 Å². The van der Waals surface area contributed by atoms with Crippen LogP contribution in [0.3, 0.4) is 0 Å². The van der Waals surface area contributed by atoms with Gasteiger partial charge in [0.05, 0.1) is 18.5 Å². The number of likely N-dealkylation sites (tertiary alicyclic amines) is 1. The lowest BCUT2D eigenvalue weighted by Crippen LogP contribution is -2.42. The zero-order valence-electron chi connectivity index (χ0n) is 11.8. The molecule has 0 bridgehead atoms. The van der Waals surface area contributed by atoms with Gasteiger partial charge in [-0.3, -0.25) is 9.48 Å². The third-order valence-electron chi connectivity index (χ3n) is 3.44. The molecule has 1 atom stereocenters. The average molecular weight is 280 g/mol. The van der Waals surface area contributed by atoms with E-state index in [1.165, 1.54) is 11.1 Å². The Balaban J connectivity index is 2.23. The molecule has 1 unspecified atom stereocenters. The molecule has 0 radical (unpaired) electrons. The molecule has 1 aromatic rings. The Bertz CT molecular complexity index is 512. The van der Waals surface area contributed by atoms with Gasteiger partial charge in [0.15, 0.2) is 0 Å². The summed E-state index contributed by atoms with van der Waals surface area (Å²) in [5, 5.41) is 4.06. The number of aromatic nitrogens is 2. The van der Waals surface area contributed by atoms with Crippen LogP contribution in [0.15, 0.2) is 6.20 Å². The Labute approximate surface area is 117 Å². The van der Waals surface area contributed by atoms with Crippen molar-refractivity contribution >= 4 is 17.6 Å². The summed E-state index contributed by atoms with van der Waals surface area (Å²) in [7, 11) is 0. The maximum absolute atomic E-state index is 12.6. The number of anilines is 1.